The SMILES string of the molecule is COc1ccc(C(CC(=O)O)NC(=O)c2ccc3c(c2)COC3)c(OC)c1. The van der Waals surface area contributed by atoms with Crippen LogP contribution in [0.3, 0.4) is 0 Å². The molecule has 142 valence electrons. The van der Waals surface area contributed by atoms with Crippen LogP contribution in [0.2, 0.25) is 0 Å². The molecule has 7 nitrogen and oxygen atoms in total. The minimum absolute atomic E-state index is 0.275. The molecule has 0 spiro atoms. The summed E-state index contributed by atoms with van der Waals surface area (Å²) in [6, 6.07) is 9.65. The van der Waals surface area contributed by atoms with E-state index in [1.165, 1.54) is 14.2 Å². The molecule has 0 bridgehead atoms. The van der Waals surface area contributed by atoms with Crippen molar-refractivity contribution in [3.63, 3.8) is 0 Å². The molecular formula is C20H21NO6. The molecule has 2 aromatic rings. The number of carboxylic acid groups (broad SMARTS) is 1. The third-order valence-electron chi connectivity index (χ3n) is 4.48. The number of ether oxygens (including phenoxy) is 3. The lowest BCUT2D eigenvalue weighted by Crippen LogP contribution is -2.30. The van der Waals surface area contributed by atoms with E-state index in [4.69, 9.17) is 14.2 Å². The van der Waals surface area contributed by atoms with Crippen LogP contribution in [0.5, 0.6) is 11.5 Å². The van der Waals surface area contributed by atoms with E-state index in [9.17, 15) is 14.7 Å². The number of carboxylic acids is 1. The molecule has 1 amide bonds. The third-order valence-corrected chi connectivity index (χ3v) is 4.48. The molecule has 1 unspecified atom stereocenters. The van der Waals surface area contributed by atoms with Crippen LogP contribution in [0.15, 0.2) is 36.4 Å². The fraction of sp³-hybridized carbons (Fsp3) is 0.300. The van der Waals surface area contributed by atoms with Gasteiger partial charge >= 0.3 is 5.97 Å². The number of benzene rings is 2. The Morgan fingerprint density at radius 2 is 1.89 bits per heavy atom. The van der Waals surface area contributed by atoms with Gasteiger partial charge in [-0.05, 0) is 35.4 Å². The summed E-state index contributed by atoms with van der Waals surface area (Å²) in [6.45, 7) is 1.02. The molecule has 27 heavy (non-hydrogen) atoms. The molecule has 1 aliphatic heterocycles. The molecule has 3 rings (SSSR count). The summed E-state index contributed by atoms with van der Waals surface area (Å²) < 4.78 is 15.9. The van der Waals surface area contributed by atoms with Gasteiger partial charge in [-0.3, -0.25) is 9.59 Å². The number of hydrogen-bond acceptors (Lipinski definition) is 5. The van der Waals surface area contributed by atoms with E-state index in [1.807, 2.05) is 6.07 Å². The molecule has 0 fully saturated rings. The molecule has 0 saturated heterocycles. The van der Waals surface area contributed by atoms with Crippen molar-refractivity contribution in [2.24, 2.45) is 0 Å². The lowest BCUT2D eigenvalue weighted by molar-refractivity contribution is -0.137. The Bertz CT molecular complexity index is 864. The zero-order chi connectivity index (χ0) is 19.4. The second-order valence-corrected chi connectivity index (χ2v) is 6.21. The van der Waals surface area contributed by atoms with Crippen molar-refractivity contribution in [1.82, 2.24) is 5.32 Å². The summed E-state index contributed by atoms with van der Waals surface area (Å²) in [5.41, 5.74) is 3.06. The summed E-state index contributed by atoms with van der Waals surface area (Å²) in [7, 11) is 3.01. The Labute approximate surface area is 156 Å². The number of carbonyl (C=O) groups excluding carboxylic acids is 1. The lowest BCUT2D eigenvalue weighted by Gasteiger charge is -2.20. The van der Waals surface area contributed by atoms with Gasteiger partial charge in [-0.1, -0.05) is 6.07 Å². The van der Waals surface area contributed by atoms with Crippen LogP contribution in [-0.4, -0.2) is 31.2 Å². The molecule has 2 N–H and O–H groups in total. The highest BCUT2D eigenvalue weighted by Gasteiger charge is 2.23. The maximum absolute atomic E-state index is 12.7. The number of aliphatic carboxylic acids is 1. The quantitative estimate of drug-likeness (QED) is 0.777. The largest absolute Gasteiger partial charge is 0.497 e. The van der Waals surface area contributed by atoms with Gasteiger partial charge in [0.1, 0.15) is 11.5 Å². The molecule has 1 heterocycles. The number of amides is 1. The van der Waals surface area contributed by atoms with Gasteiger partial charge in [-0.25, -0.2) is 0 Å². The highest BCUT2D eigenvalue weighted by atomic mass is 16.5. The normalized spacial score (nSPS) is 13.6. The van der Waals surface area contributed by atoms with Gasteiger partial charge in [0.15, 0.2) is 0 Å². The van der Waals surface area contributed by atoms with Crippen LogP contribution in [0.25, 0.3) is 0 Å². The Morgan fingerprint density at radius 1 is 1.11 bits per heavy atom. The number of rotatable bonds is 7. The maximum atomic E-state index is 12.7. The Balaban J connectivity index is 1.87. The molecule has 2 aromatic carbocycles. The molecule has 0 aromatic heterocycles. The first-order valence-electron chi connectivity index (χ1n) is 8.46. The Hall–Kier alpha value is -3.06. The highest BCUT2D eigenvalue weighted by Crippen LogP contribution is 2.31. The minimum Gasteiger partial charge on any atom is -0.497 e. The number of nitrogens with one attached hydrogen (secondary N) is 1. The predicted octanol–water partition coefficient (Wildman–Crippen LogP) is 2.68. The van der Waals surface area contributed by atoms with Crippen LogP contribution >= 0.6 is 0 Å². The van der Waals surface area contributed by atoms with Crippen LogP contribution in [0.1, 0.15) is 39.5 Å². The van der Waals surface area contributed by atoms with Gasteiger partial charge in [0.25, 0.3) is 5.91 Å². The van der Waals surface area contributed by atoms with Gasteiger partial charge in [0.2, 0.25) is 0 Å². The molecule has 1 atom stereocenters. The summed E-state index contributed by atoms with van der Waals surface area (Å²) in [5, 5.41) is 12.1. The van der Waals surface area contributed by atoms with E-state index in [0.29, 0.717) is 35.8 Å². The first-order valence-corrected chi connectivity index (χ1v) is 8.46. The predicted molar refractivity (Wildman–Crippen MR) is 96.9 cm³/mol. The van der Waals surface area contributed by atoms with Crippen LogP contribution in [0, 0.1) is 0 Å². The summed E-state index contributed by atoms with van der Waals surface area (Å²) >= 11 is 0. The van der Waals surface area contributed by atoms with E-state index in [0.717, 1.165) is 11.1 Å². The fourth-order valence-electron chi connectivity index (χ4n) is 3.07. The van der Waals surface area contributed by atoms with Crippen molar-refractivity contribution < 1.29 is 28.9 Å². The maximum Gasteiger partial charge on any atom is 0.305 e. The van der Waals surface area contributed by atoms with Gasteiger partial charge < -0.3 is 24.6 Å². The van der Waals surface area contributed by atoms with Crippen molar-refractivity contribution in [2.75, 3.05) is 14.2 Å². The number of methoxy groups -OCH3 is 2. The van der Waals surface area contributed by atoms with Crippen molar-refractivity contribution >= 4 is 11.9 Å². The summed E-state index contributed by atoms with van der Waals surface area (Å²) in [4.78, 5) is 24.1. The third kappa shape index (κ3) is 4.20. The Kier molecular flexibility index (Phi) is 5.61. The van der Waals surface area contributed by atoms with Crippen LogP contribution < -0.4 is 14.8 Å². The Morgan fingerprint density at radius 3 is 2.59 bits per heavy atom. The molecule has 0 aliphatic carbocycles. The van der Waals surface area contributed by atoms with Crippen molar-refractivity contribution in [2.45, 2.75) is 25.7 Å². The fourth-order valence-corrected chi connectivity index (χ4v) is 3.07. The average molecular weight is 371 g/mol. The van der Waals surface area contributed by atoms with Crippen LogP contribution in [0.4, 0.5) is 0 Å². The van der Waals surface area contributed by atoms with Gasteiger partial charge in [0.05, 0.1) is 39.9 Å². The highest BCUT2D eigenvalue weighted by molar-refractivity contribution is 5.95. The monoisotopic (exact) mass is 371 g/mol. The van der Waals surface area contributed by atoms with Gasteiger partial charge in [-0.15, -0.1) is 0 Å². The molecular weight excluding hydrogens is 350 g/mol. The lowest BCUT2D eigenvalue weighted by atomic mass is 10.0. The second kappa shape index (κ2) is 8.09. The minimum atomic E-state index is -1.03. The zero-order valence-electron chi connectivity index (χ0n) is 15.2. The summed E-state index contributed by atoms with van der Waals surface area (Å²) in [5.74, 6) is -0.354. The van der Waals surface area contributed by atoms with Gasteiger partial charge in [0, 0.05) is 17.2 Å². The number of hydrogen-bond donors (Lipinski definition) is 2. The van der Waals surface area contributed by atoms with E-state index in [-0.39, 0.29) is 12.3 Å². The topological polar surface area (TPSA) is 94.1 Å². The van der Waals surface area contributed by atoms with E-state index in [1.54, 1.807) is 30.3 Å². The number of fused-ring (bicyclic) bond motifs is 1. The number of carbonyl (C=O) groups is 2. The smallest absolute Gasteiger partial charge is 0.305 e. The summed E-state index contributed by atoms with van der Waals surface area (Å²) in [6.07, 6.45) is -0.275. The van der Waals surface area contributed by atoms with E-state index < -0.39 is 12.0 Å². The second-order valence-electron chi connectivity index (χ2n) is 6.21. The van der Waals surface area contributed by atoms with E-state index >= 15 is 0 Å². The first kappa shape index (κ1) is 18.7. The van der Waals surface area contributed by atoms with Crippen molar-refractivity contribution in [3.8, 4) is 11.5 Å². The van der Waals surface area contributed by atoms with Gasteiger partial charge in [-0.2, -0.15) is 0 Å². The molecule has 0 radical (unpaired) electrons. The standard InChI is InChI=1S/C20H21NO6/c1-25-15-5-6-16(18(8-15)26-2)17(9-19(22)23)21-20(24)12-3-4-13-10-27-11-14(13)7-12/h3-8,17H,9-11H2,1-2H3,(H,21,24)(H,22,23). The molecule has 7 heteroatoms. The van der Waals surface area contributed by atoms with Crippen molar-refractivity contribution in [1.29, 1.82) is 0 Å². The van der Waals surface area contributed by atoms with E-state index in [2.05, 4.69) is 5.32 Å². The molecule has 1 aliphatic rings. The van der Waals surface area contributed by atoms with Crippen molar-refractivity contribution in [3.05, 3.63) is 58.7 Å². The first-order chi connectivity index (χ1) is 13.0. The molecule has 0 saturated carbocycles. The zero-order valence-corrected chi connectivity index (χ0v) is 15.2. The average Bonchev–Trinajstić information content (AvgIpc) is 3.14. The van der Waals surface area contributed by atoms with Crippen LogP contribution in [-0.2, 0) is 22.7 Å².